The molecule has 0 aliphatic carbocycles. The Labute approximate surface area is 172 Å². The molecule has 0 saturated carbocycles. The van der Waals surface area contributed by atoms with Gasteiger partial charge in [0.05, 0.1) is 0 Å². The van der Waals surface area contributed by atoms with Crippen molar-refractivity contribution in [1.29, 1.82) is 0 Å². The lowest BCUT2D eigenvalue weighted by atomic mass is 10.1. The average Bonchev–Trinajstić information content (AvgIpc) is 3.16. The van der Waals surface area contributed by atoms with E-state index in [2.05, 4.69) is 19.7 Å². The van der Waals surface area contributed by atoms with E-state index in [1.54, 1.807) is 4.57 Å². The number of benzene rings is 1. The fourth-order valence-corrected chi connectivity index (χ4v) is 2.89. The maximum atomic E-state index is 12.2. The number of nitrogens with zero attached hydrogens (tertiary/aromatic N) is 5. The molecule has 0 spiro atoms. The van der Waals surface area contributed by atoms with Gasteiger partial charge in [-0.05, 0) is 22.6 Å². The Morgan fingerprint density at radius 1 is 1.19 bits per heavy atom. The first-order chi connectivity index (χ1) is 14.8. The van der Waals surface area contributed by atoms with E-state index in [1.165, 1.54) is 42.9 Å². The zero-order valence-electron chi connectivity index (χ0n) is 15.7. The lowest BCUT2D eigenvalue weighted by Gasteiger charge is -2.21. The Balaban J connectivity index is 1.33. The molecule has 0 bridgehead atoms. The van der Waals surface area contributed by atoms with Crippen LogP contribution in [0.1, 0.15) is 6.42 Å². The molecule has 0 N–H and O–H groups in total. The third kappa shape index (κ3) is 4.99. The van der Waals surface area contributed by atoms with Gasteiger partial charge in [-0.2, -0.15) is 0 Å². The van der Waals surface area contributed by atoms with Crippen LogP contribution in [-0.4, -0.2) is 43.5 Å². The van der Waals surface area contributed by atoms with Gasteiger partial charge in [0, 0.05) is 35.9 Å². The van der Waals surface area contributed by atoms with Crippen LogP contribution in [-0.2, 0) is 6.54 Å². The van der Waals surface area contributed by atoms with Crippen molar-refractivity contribution >= 4 is 5.82 Å². The zero-order valence-corrected chi connectivity index (χ0v) is 15.7. The van der Waals surface area contributed by atoms with Gasteiger partial charge in [-0.25, -0.2) is 9.97 Å². The number of halogens is 3. The summed E-state index contributed by atoms with van der Waals surface area (Å²) < 4.78 is 53.2. The molecule has 0 fully saturated rings. The summed E-state index contributed by atoms with van der Waals surface area (Å²) in [5, 5.41) is 10.8. The van der Waals surface area contributed by atoms with E-state index in [0.717, 1.165) is 0 Å². The van der Waals surface area contributed by atoms with Gasteiger partial charge in [0.1, 0.15) is 24.7 Å². The predicted octanol–water partition coefficient (Wildman–Crippen LogP) is 3.38. The number of nitro groups is 1. The summed E-state index contributed by atoms with van der Waals surface area (Å²) in [6.45, 7) is 0.613. The van der Waals surface area contributed by atoms with E-state index < -0.39 is 11.3 Å². The summed E-state index contributed by atoms with van der Waals surface area (Å²) in [6.07, 6.45) is -0.307. The van der Waals surface area contributed by atoms with Gasteiger partial charge in [0.25, 0.3) is 0 Å². The van der Waals surface area contributed by atoms with Crippen LogP contribution in [0.25, 0.3) is 11.1 Å². The number of hydrogen-bond acceptors (Lipinski definition) is 8. The molecule has 31 heavy (non-hydrogen) atoms. The van der Waals surface area contributed by atoms with Crippen molar-refractivity contribution in [1.82, 2.24) is 19.5 Å². The van der Waals surface area contributed by atoms with Crippen LogP contribution in [0, 0.1) is 10.1 Å². The minimum absolute atomic E-state index is 0.0873. The van der Waals surface area contributed by atoms with Gasteiger partial charge in [-0.15, -0.1) is 13.2 Å². The number of imidazole rings is 1. The van der Waals surface area contributed by atoms with E-state index in [-0.39, 0.29) is 36.3 Å². The first kappa shape index (κ1) is 20.4. The van der Waals surface area contributed by atoms with Gasteiger partial charge >= 0.3 is 24.2 Å². The van der Waals surface area contributed by atoms with Gasteiger partial charge in [-0.1, -0.05) is 12.1 Å². The Morgan fingerprint density at radius 2 is 1.90 bits per heavy atom. The second kappa shape index (κ2) is 8.08. The van der Waals surface area contributed by atoms with Crippen molar-refractivity contribution in [2.24, 2.45) is 0 Å². The highest BCUT2D eigenvalue weighted by Gasteiger charge is 2.31. The lowest BCUT2D eigenvalue weighted by molar-refractivity contribution is -0.389. The highest BCUT2D eigenvalue weighted by atomic mass is 19.4. The number of rotatable bonds is 6. The minimum atomic E-state index is -4.75. The number of aryl methyl sites for hydroxylation is 1. The molecule has 1 aliphatic rings. The van der Waals surface area contributed by atoms with Gasteiger partial charge in [0.15, 0.2) is 0 Å². The van der Waals surface area contributed by atoms with E-state index in [9.17, 15) is 23.3 Å². The molecule has 10 nitrogen and oxygen atoms in total. The first-order valence-electron chi connectivity index (χ1n) is 8.96. The van der Waals surface area contributed by atoms with Crippen LogP contribution in [0.15, 0.2) is 42.9 Å². The number of ether oxygens (including phenoxy) is 3. The van der Waals surface area contributed by atoms with Gasteiger partial charge in [0.2, 0.25) is 0 Å². The summed E-state index contributed by atoms with van der Waals surface area (Å²) >= 11 is 0. The van der Waals surface area contributed by atoms with E-state index in [4.69, 9.17) is 9.47 Å². The lowest BCUT2D eigenvalue weighted by Crippen LogP contribution is -2.31. The van der Waals surface area contributed by atoms with Crippen molar-refractivity contribution in [3.63, 3.8) is 0 Å². The smallest absolute Gasteiger partial charge is 0.460 e. The fraction of sp³-hybridized carbons (Fsp3) is 0.278. The quantitative estimate of drug-likeness (QED) is 0.426. The molecule has 2 aromatic heterocycles. The van der Waals surface area contributed by atoms with Crippen LogP contribution in [0.2, 0.25) is 0 Å². The molecular weight excluding hydrogens is 423 g/mol. The van der Waals surface area contributed by atoms with Crippen LogP contribution >= 0.6 is 0 Å². The molecular formula is C18H14F3N5O5. The molecule has 3 heterocycles. The van der Waals surface area contributed by atoms with Crippen LogP contribution in [0.3, 0.4) is 0 Å². The standard InChI is InChI=1S/C18H14F3N5O5/c19-18(20,21)31-13-3-1-11(2-4-13)12-7-22-16(23-8-12)29-10-14-5-6-25-9-15(26(27)28)24-17(25)30-14/h1-4,7-9,14H,5-6,10H2. The summed E-state index contributed by atoms with van der Waals surface area (Å²) in [5.41, 5.74) is 1.18. The third-order valence-electron chi connectivity index (χ3n) is 4.33. The second-order valence-electron chi connectivity index (χ2n) is 6.50. The van der Waals surface area contributed by atoms with Crippen molar-refractivity contribution < 1.29 is 32.3 Å². The monoisotopic (exact) mass is 437 g/mol. The van der Waals surface area contributed by atoms with Crippen LogP contribution in [0.5, 0.6) is 17.8 Å². The Hall–Kier alpha value is -3.90. The Kier molecular flexibility index (Phi) is 5.31. The van der Waals surface area contributed by atoms with Crippen molar-refractivity contribution in [2.45, 2.75) is 25.4 Å². The average molecular weight is 437 g/mol. The van der Waals surface area contributed by atoms with Gasteiger partial charge in [-0.3, -0.25) is 4.57 Å². The molecule has 4 rings (SSSR count). The molecule has 1 aromatic carbocycles. The molecule has 1 unspecified atom stereocenters. The normalized spacial score (nSPS) is 15.6. The number of fused-ring (bicyclic) bond motifs is 1. The summed E-state index contributed by atoms with van der Waals surface area (Å²) in [5.74, 6) is -0.607. The molecule has 0 radical (unpaired) electrons. The SMILES string of the molecule is O=[N+]([O-])c1cn2c(n1)OC(COc1ncc(-c3ccc(OC(F)(F)F)cc3)cn1)CC2. The zero-order chi connectivity index (χ0) is 22.0. The largest absolute Gasteiger partial charge is 0.573 e. The number of aromatic nitrogens is 4. The maximum Gasteiger partial charge on any atom is 0.573 e. The number of hydrogen-bond donors (Lipinski definition) is 0. The third-order valence-corrected chi connectivity index (χ3v) is 4.33. The predicted molar refractivity (Wildman–Crippen MR) is 97.6 cm³/mol. The minimum Gasteiger partial charge on any atom is -0.460 e. The second-order valence-corrected chi connectivity index (χ2v) is 6.50. The number of alkyl halides is 3. The maximum absolute atomic E-state index is 12.2. The van der Waals surface area contributed by atoms with Crippen LogP contribution in [0.4, 0.5) is 19.0 Å². The van der Waals surface area contributed by atoms with E-state index in [1.807, 2.05) is 0 Å². The summed E-state index contributed by atoms with van der Waals surface area (Å²) in [7, 11) is 0. The molecule has 162 valence electrons. The summed E-state index contributed by atoms with van der Waals surface area (Å²) in [4.78, 5) is 22.2. The molecule has 3 aromatic rings. The molecule has 13 heteroatoms. The highest BCUT2D eigenvalue weighted by molar-refractivity contribution is 5.62. The topological polar surface area (TPSA) is 114 Å². The fourth-order valence-electron chi connectivity index (χ4n) is 2.89. The first-order valence-corrected chi connectivity index (χ1v) is 8.96. The summed E-state index contributed by atoms with van der Waals surface area (Å²) in [6, 6.07) is 5.55. The highest BCUT2D eigenvalue weighted by Crippen LogP contribution is 2.27. The van der Waals surface area contributed by atoms with E-state index >= 15 is 0 Å². The molecule has 1 atom stereocenters. The van der Waals surface area contributed by atoms with Crippen molar-refractivity contribution in [2.75, 3.05) is 6.61 Å². The van der Waals surface area contributed by atoms with E-state index in [0.29, 0.717) is 24.1 Å². The van der Waals surface area contributed by atoms with Crippen molar-refractivity contribution in [3.05, 3.63) is 53.0 Å². The van der Waals surface area contributed by atoms with Crippen molar-refractivity contribution in [3.8, 4) is 28.9 Å². The molecule has 1 aliphatic heterocycles. The molecule has 0 saturated heterocycles. The van der Waals surface area contributed by atoms with Crippen LogP contribution < -0.4 is 14.2 Å². The van der Waals surface area contributed by atoms with Gasteiger partial charge < -0.3 is 24.3 Å². The molecule has 0 amide bonds. The Morgan fingerprint density at radius 3 is 2.55 bits per heavy atom. The Bertz CT molecular complexity index is 1070.